The van der Waals surface area contributed by atoms with Crippen LogP contribution < -0.4 is 0 Å². The van der Waals surface area contributed by atoms with Crippen LogP contribution in [0.1, 0.15) is 99.8 Å². The van der Waals surface area contributed by atoms with E-state index >= 15 is 0 Å². The number of aliphatic hydroxyl groups excluding tert-OH is 1. The number of rotatable bonds is 1. The van der Waals surface area contributed by atoms with Crippen molar-refractivity contribution in [3.63, 3.8) is 0 Å². The average molecular weight is 487 g/mol. The minimum absolute atomic E-state index is 0.0158. The number of fused-ring (bicyclic) bond motifs is 7. The SMILES string of the molecule is C[C@@H]1CC[C@]2(C(=O)O)CC[C@]3(C)C(=CC[C@@H]4[C@]5(C)C[C@H](O)C(=O)C(C)(C)[C@@H]5CC[C@@]43C)[C@@H]2[C@]1(C)O. The first-order valence-corrected chi connectivity index (χ1v) is 13.9. The molecule has 10 atom stereocenters. The summed E-state index contributed by atoms with van der Waals surface area (Å²) in [5.41, 5.74) is -1.81. The molecule has 196 valence electrons. The molecule has 35 heavy (non-hydrogen) atoms. The fourth-order valence-electron chi connectivity index (χ4n) is 10.8. The molecule has 0 saturated heterocycles. The highest BCUT2D eigenvalue weighted by Gasteiger charge is 2.71. The zero-order valence-corrected chi connectivity index (χ0v) is 22.8. The van der Waals surface area contributed by atoms with Crippen LogP contribution in [0, 0.1) is 50.7 Å². The monoisotopic (exact) mass is 486 g/mol. The van der Waals surface area contributed by atoms with Gasteiger partial charge in [-0.3, -0.25) is 9.59 Å². The number of carboxylic acids is 1. The topological polar surface area (TPSA) is 94.8 Å². The van der Waals surface area contributed by atoms with Crippen molar-refractivity contribution in [1.29, 1.82) is 0 Å². The van der Waals surface area contributed by atoms with Crippen molar-refractivity contribution >= 4 is 11.8 Å². The molecule has 5 nitrogen and oxygen atoms in total. The first-order valence-electron chi connectivity index (χ1n) is 13.9. The van der Waals surface area contributed by atoms with Crippen LogP contribution in [0.5, 0.6) is 0 Å². The summed E-state index contributed by atoms with van der Waals surface area (Å²) in [7, 11) is 0. The van der Waals surface area contributed by atoms with Crippen LogP contribution in [-0.2, 0) is 9.59 Å². The van der Waals surface area contributed by atoms with Crippen LogP contribution in [0.2, 0.25) is 0 Å². The Labute approximate surface area is 210 Å². The van der Waals surface area contributed by atoms with Gasteiger partial charge < -0.3 is 15.3 Å². The molecule has 5 heteroatoms. The maximum atomic E-state index is 13.0. The van der Waals surface area contributed by atoms with E-state index in [1.165, 1.54) is 5.57 Å². The summed E-state index contributed by atoms with van der Waals surface area (Å²) in [6, 6.07) is 0. The van der Waals surface area contributed by atoms with Crippen molar-refractivity contribution in [2.75, 3.05) is 0 Å². The fourth-order valence-corrected chi connectivity index (χ4v) is 10.8. The predicted molar refractivity (Wildman–Crippen MR) is 134 cm³/mol. The minimum atomic E-state index is -1.07. The van der Waals surface area contributed by atoms with Gasteiger partial charge in [-0.05, 0) is 92.3 Å². The second-order valence-corrected chi connectivity index (χ2v) is 14.7. The molecule has 0 unspecified atom stereocenters. The van der Waals surface area contributed by atoms with Gasteiger partial charge in [0.15, 0.2) is 5.78 Å². The van der Waals surface area contributed by atoms with Crippen molar-refractivity contribution in [1.82, 2.24) is 0 Å². The Balaban J connectivity index is 1.65. The molecule has 4 fully saturated rings. The van der Waals surface area contributed by atoms with Crippen LogP contribution in [0.3, 0.4) is 0 Å². The Bertz CT molecular complexity index is 995. The maximum Gasteiger partial charge on any atom is 0.310 e. The highest BCUT2D eigenvalue weighted by atomic mass is 16.4. The molecule has 0 spiro atoms. The molecule has 0 bridgehead atoms. The summed E-state index contributed by atoms with van der Waals surface area (Å²) >= 11 is 0. The highest BCUT2D eigenvalue weighted by Crippen LogP contribution is 2.75. The van der Waals surface area contributed by atoms with Gasteiger partial charge in [0.2, 0.25) is 0 Å². The number of aliphatic carboxylic acids is 1. The first-order chi connectivity index (χ1) is 16.0. The largest absolute Gasteiger partial charge is 0.481 e. The van der Waals surface area contributed by atoms with Crippen LogP contribution >= 0.6 is 0 Å². The smallest absolute Gasteiger partial charge is 0.310 e. The number of aliphatic hydroxyl groups is 2. The van der Waals surface area contributed by atoms with Crippen LogP contribution in [0.15, 0.2) is 11.6 Å². The second kappa shape index (κ2) is 7.22. The third kappa shape index (κ3) is 2.83. The summed E-state index contributed by atoms with van der Waals surface area (Å²) in [4.78, 5) is 25.8. The summed E-state index contributed by atoms with van der Waals surface area (Å²) in [6.45, 7) is 15.0. The molecular formula is C30H46O5. The summed E-state index contributed by atoms with van der Waals surface area (Å²) < 4.78 is 0. The maximum absolute atomic E-state index is 13.0. The Hall–Kier alpha value is -1.20. The Morgan fingerprint density at radius 3 is 2.26 bits per heavy atom. The molecule has 0 radical (unpaired) electrons. The van der Waals surface area contributed by atoms with Gasteiger partial charge in [0.05, 0.1) is 11.0 Å². The van der Waals surface area contributed by atoms with Crippen molar-refractivity contribution in [3.8, 4) is 0 Å². The first kappa shape index (κ1) is 25.4. The number of carbonyl (C=O) groups excluding carboxylic acids is 1. The molecule has 5 aliphatic carbocycles. The van der Waals surface area contributed by atoms with E-state index in [4.69, 9.17) is 0 Å². The summed E-state index contributed by atoms with van der Waals surface area (Å²) in [6.07, 6.45) is 7.42. The van der Waals surface area contributed by atoms with Gasteiger partial charge in [-0.15, -0.1) is 0 Å². The predicted octanol–water partition coefficient (Wildman–Crippen LogP) is 5.38. The summed E-state index contributed by atoms with van der Waals surface area (Å²) in [5.74, 6) is -0.584. The van der Waals surface area contributed by atoms with Gasteiger partial charge in [0.1, 0.15) is 6.10 Å². The van der Waals surface area contributed by atoms with Crippen molar-refractivity contribution < 1.29 is 24.9 Å². The normalized spacial score (nSPS) is 55.1. The van der Waals surface area contributed by atoms with Crippen LogP contribution in [0.25, 0.3) is 0 Å². The third-order valence-electron chi connectivity index (χ3n) is 13.2. The molecule has 5 aliphatic rings. The van der Waals surface area contributed by atoms with Gasteiger partial charge in [-0.25, -0.2) is 0 Å². The lowest BCUT2D eigenvalue weighted by molar-refractivity contribution is -0.213. The third-order valence-corrected chi connectivity index (χ3v) is 13.2. The molecule has 0 aliphatic heterocycles. The van der Waals surface area contributed by atoms with E-state index < -0.39 is 28.5 Å². The minimum Gasteiger partial charge on any atom is -0.481 e. The second-order valence-electron chi connectivity index (χ2n) is 14.7. The van der Waals surface area contributed by atoms with Crippen molar-refractivity contribution in [2.24, 2.45) is 50.7 Å². The van der Waals surface area contributed by atoms with Crippen LogP contribution in [0.4, 0.5) is 0 Å². The van der Waals surface area contributed by atoms with Gasteiger partial charge >= 0.3 is 5.97 Å². The van der Waals surface area contributed by atoms with Crippen molar-refractivity contribution in [3.05, 3.63) is 11.6 Å². The van der Waals surface area contributed by atoms with E-state index in [9.17, 15) is 24.9 Å². The zero-order chi connectivity index (χ0) is 26.0. The fraction of sp³-hybridized carbons (Fsp3) is 0.867. The zero-order valence-electron chi connectivity index (χ0n) is 22.8. The lowest BCUT2D eigenvalue weighted by Gasteiger charge is -2.71. The Morgan fingerprint density at radius 2 is 1.63 bits per heavy atom. The molecule has 0 heterocycles. The van der Waals surface area contributed by atoms with E-state index in [1.54, 1.807) is 0 Å². The summed E-state index contributed by atoms with van der Waals surface area (Å²) in [5, 5.41) is 33.3. The van der Waals surface area contributed by atoms with Gasteiger partial charge in [-0.1, -0.05) is 53.2 Å². The molecule has 4 saturated carbocycles. The van der Waals surface area contributed by atoms with E-state index in [1.807, 2.05) is 20.8 Å². The number of Topliss-reactive ketones (excluding diaryl/α,β-unsaturated/α-hetero) is 1. The number of hydrogen-bond donors (Lipinski definition) is 3. The lowest BCUT2D eigenvalue weighted by atomic mass is 9.33. The Morgan fingerprint density at radius 1 is 0.971 bits per heavy atom. The molecule has 0 aromatic heterocycles. The van der Waals surface area contributed by atoms with Gasteiger partial charge in [-0.2, -0.15) is 0 Å². The van der Waals surface area contributed by atoms with E-state index in [0.29, 0.717) is 25.2 Å². The van der Waals surface area contributed by atoms with Gasteiger partial charge in [0, 0.05) is 11.3 Å². The molecule has 0 amide bonds. The van der Waals surface area contributed by atoms with E-state index in [-0.39, 0.29) is 39.8 Å². The average Bonchev–Trinajstić information content (AvgIpc) is 2.75. The Kier molecular flexibility index (Phi) is 5.25. The van der Waals surface area contributed by atoms with Gasteiger partial charge in [0.25, 0.3) is 0 Å². The molecule has 0 aromatic rings. The molecular weight excluding hydrogens is 440 g/mol. The quantitative estimate of drug-likeness (QED) is 0.432. The van der Waals surface area contributed by atoms with Crippen LogP contribution in [-0.4, -0.2) is 38.8 Å². The molecule has 5 rings (SSSR count). The lowest BCUT2D eigenvalue weighted by Crippen LogP contribution is -2.68. The number of carbonyl (C=O) groups is 2. The number of hydrogen-bond acceptors (Lipinski definition) is 4. The standard InChI is InChI=1S/C30H46O5/c1-17-10-13-30(24(33)34)15-14-27(5)18(22(30)29(17,7)35)8-9-21-26(4)16-19(31)23(32)25(2,3)20(26)11-12-28(21,27)6/h8,17,19-22,31,35H,9-16H2,1-7H3,(H,33,34)/t17-,19+,20+,21-,22-,26-,27-,28+,29-,30+/m1/s1. The number of ketones is 1. The van der Waals surface area contributed by atoms with Crippen molar-refractivity contribution in [2.45, 2.75) is 112 Å². The number of carboxylic acid groups (broad SMARTS) is 1. The van der Waals surface area contributed by atoms with E-state index in [0.717, 1.165) is 32.1 Å². The van der Waals surface area contributed by atoms with E-state index in [2.05, 4.69) is 33.8 Å². The number of allylic oxidation sites excluding steroid dienone is 1. The molecule has 3 N–H and O–H groups in total. The molecule has 0 aromatic carbocycles. The highest BCUT2D eigenvalue weighted by molar-refractivity contribution is 5.89.